The van der Waals surface area contributed by atoms with Crippen LogP contribution in [0.1, 0.15) is 6.92 Å². The summed E-state index contributed by atoms with van der Waals surface area (Å²) in [4.78, 5) is 0. The van der Waals surface area contributed by atoms with Crippen LogP contribution in [0.4, 0.5) is 0 Å². The Morgan fingerprint density at radius 2 is 1.33 bits per heavy atom. The summed E-state index contributed by atoms with van der Waals surface area (Å²) in [6.45, 7) is 0.527. The van der Waals surface area contributed by atoms with Gasteiger partial charge in [-0.2, -0.15) is 0 Å². The van der Waals surface area contributed by atoms with Crippen LogP contribution in [0.25, 0.3) is 0 Å². The van der Waals surface area contributed by atoms with Crippen LogP contribution >= 0.6 is 0 Å². The van der Waals surface area contributed by atoms with Crippen molar-refractivity contribution in [3.63, 3.8) is 0 Å². The summed E-state index contributed by atoms with van der Waals surface area (Å²) in [6.07, 6.45) is -11.7. The van der Waals surface area contributed by atoms with E-state index in [1.807, 2.05) is 0 Å². The van der Waals surface area contributed by atoms with Crippen molar-refractivity contribution in [3.8, 4) is 0 Å². The topological polar surface area (TPSA) is 158 Å². The average Bonchev–Trinajstić information content (AvgIpc) is 2.57. The first-order valence-electron chi connectivity index (χ1n) is 7.78. The fourth-order valence-corrected chi connectivity index (χ4v) is 3.03. The maximum atomic E-state index is 10.2. The second-order valence-corrected chi connectivity index (χ2v) is 6.05. The highest BCUT2D eigenvalue weighted by atomic mass is 16.7. The third-order valence-electron chi connectivity index (χ3n) is 4.49. The third-order valence-corrected chi connectivity index (χ3v) is 4.49. The molecule has 6 N–H and O–H groups in total. The molecule has 2 aliphatic heterocycles. The van der Waals surface area contributed by atoms with Crippen LogP contribution in [0.2, 0.25) is 0 Å². The average molecular weight is 354 g/mol. The predicted octanol–water partition coefficient (Wildman–Crippen LogP) is -3.67. The molecule has 0 aromatic carbocycles. The van der Waals surface area contributed by atoms with Crippen LogP contribution in [0, 0.1) is 0 Å². The summed E-state index contributed by atoms with van der Waals surface area (Å²) >= 11 is 0. The highest BCUT2D eigenvalue weighted by Crippen LogP contribution is 2.29. The van der Waals surface area contributed by atoms with Gasteiger partial charge in [-0.15, -0.1) is 0 Å². The number of hydrogen-bond acceptors (Lipinski definition) is 10. The zero-order valence-electron chi connectivity index (χ0n) is 13.5. The Kier molecular flexibility index (Phi) is 6.90. The fraction of sp³-hybridized carbons (Fsp3) is 1.00. The van der Waals surface area contributed by atoms with E-state index in [1.54, 1.807) is 6.92 Å². The first-order valence-corrected chi connectivity index (χ1v) is 7.78. The van der Waals surface area contributed by atoms with Gasteiger partial charge in [-0.3, -0.25) is 0 Å². The van der Waals surface area contributed by atoms with Gasteiger partial charge in [0, 0.05) is 7.11 Å². The van der Waals surface area contributed by atoms with Gasteiger partial charge in [0.25, 0.3) is 0 Å². The number of ether oxygens (including phenoxy) is 4. The maximum Gasteiger partial charge on any atom is 0.187 e. The van der Waals surface area contributed by atoms with E-state index in [4.69, 9.17) is 18.9 Å². The Morgan fingerprint density at radius 3 is 1.88 bits per heavy atom. The quantitative estimate of drug-likeness (QED) is 0.290. The highest BCUT2D eigenvalue weighted by Gasteiger charge is 2.50. The lowest BCUT2D eigenvalue weighted by Gasteiger charge is -2.46. The molecule has 2 heterocycles. The molecule has 10 atom stereocenters. The summed E-state index contributed by atoms with van der Waals surface area (Å²) < 4.78 is 21.1. The zero-order valence-corrected chi connectivity index (χ0v) is 13.5. The second-order valence-electron chi connectivity index (χ2n) is 6.05. The standard InChI is InChI=1S/C14H26O10/c1-5-8(17)13(10(19)6(3-15)22-5)24-14-11(20)12(21-2)9(18)7(4-16)23-14/h5-20H,3-4H2,1-2H3/t5?,6?,7?,8-,9?,10?,11+,12-,13+,14-/m1/s1. The highest BCUT2D eigenvalue weighted by molar-refractivity contribution is 4.95. The van der Waals surface area contributed by atoms with Crippen LogP contribution in [-0.4, -0.2) is 112 Å². The molecule has 2 aliphatic rings. The van der Waals surface area contributed by atoms with Crippen LogP contribution < -0.4 is 0 Å². The van der Waals surface area contributed by atoms with Gasteiger partial charge in [0.15, 0.2) is 6.29 Å². The summed E-state index contributed by atoms with van der Waals surface area (Å²) in [5, 5.41) is 59.1. The monoisotopic (exact) mass is 354 g/mol. The minimum absolute atomic E-state index is 0.481. The van der Waals surface area contributed by atoms with Crippen molar-refractivity contribution < 1.29 is 49.6 Å². The van der Waals surface area contributed by atoms with Crippen molar-refractivity contribution in [1.29, 1.82) is 0 Å². The molecule has 0 aromatic rings. The van der Waals surface area contributed by atoms with E-state index in [9.17, 15) is 30.6 Å². The van der Waals surface area contributed by atoms with Gasteiger partial charge in [-0.05, 0) is 6.92 Å². The predicted molar refractivity (Wildman–Crippen MR) is 76.9 cm³/mol. The number of methoxy groups -OCH3 is 1. The minimum Gasteiger partial charge on any atom is -0.394 e. The molecule has 2 saturated heterocycles. The molecule has 24 heavy (non-hydrogen) atoms. The largest absolute Gasteiger partial charge is 0.394 e. The Bertz CT molecular complexity index is 396. The molecule has 2 fully saturated rings. The lowest BCUT2D eigenvalue weighted by molar-refractivity contribution is -0.342. The Hall–Kier alpha value is -0.400. The van der Waals surface area contributed by atoms with Gasteiger partial charge in [0.1, 0.15) is 48.8 Å². The molecule has 0 radical (unpaired) electrons. The molecule has 0 bridgehead atoms. The van der Waals surface area contributed by atoms with Gasteiger partial charge < -0.3 is 49.6 Å². The van der Waals surface area contributed by atoms with Crippen molar-refractivity contribution in [1.82, 2.24) is 0 Å². The first kappa shape index (κ1) is 19.9. The van der Waals surface area contributed by atoms with Crippen LogP contribution in [-0.2, 0) is 18.9 Å². The van der Waals surface area contributed by atoms with Crippen molar-refractivity contribution >= 4 is 0 Å². The summed E-state index contributed by atoms with van der Waals surface area (Å²) in [7, 11) is 1.27. The Balaban J connectivity index is 2.14. The second kappa shape index (κ2) is 8.32. The third kappa shape index (κ3) is 3.73. The van der Waals surface area contributed by atoms with Crippen LogP contribution in [0.15, 0.2) is 0 Å². The van der Waals surface area contributed by atoms with E-state index in [-0.39, 0.29) is 0 Å². The fourth-order valence-electron chi connectivity index (χ4n) is 3.03. The van der Waals surface area contributed by atoms with E-state index in [1.165, 1.54) is 7.11 Å². The summed E-state index contributed by atoms with van der Waals surface area (Å²) in [6, 6.07) is 0. The molecule has 0 saturated carbocycles. The van der Waals surface area contributed by atoms with Crippen LogP contribution in [0.5, 0.6) is 0 Å². The van der Waals surface area contributed by atoms with Gasteiger partial charge >= 0.3 is 0 Å². The SMILES string of the molecule is CO[C@@H]1C(O)C(CO)O[C@H](O[C@@H]2C(O)C(CO)OC(C)[C@H]2O)[C@H]1O. The van der Waals surface area contributed by atoms with E-state index < -0.39 is 74.4 Å². The smallest absolute Gasteiger partial charge is 0.187 e. The number of aliphatic hydroxyl groups is 6. The molecular formula is C14H26O10. The first-order chi connectivity index (χ1) is 11.3. The lowest BCUT2D eigenvalue weighted by atomic mass is 9.95. The lowest BCUT2D eigenvalue weighted by Crippen LogP contribution is -2.64. The van der Waals surface area contributed by atoms with Crippen molar-refractivity contribution in [2.24, 2.45) is 0 Å². The number of rotatable bonds is 5. The Morgan fingerprint density at radius 1 is 0.792 bits per heavy atom. The molecule has 0 spiro atoms. The molecule has 0 aromatic heterocycles. The van der Waals surface area contributed by atoms with Crippen molar-refractivity contribution in [2.45, 2.75) is 68.1 Å². The summed E-state index contributed by atoms with van der Waals surface area (Å²) in [5.74, 6) is 0. The van der Waals surface area contributed by atoms with E-state index >= 15 is 0 Å². The van der Waals surface area contributed by atoms with E-state index in [0.717, 1.165) is 0 Å². The molecule has 142 valence electrons. The minimum atomic E-state index is -1.42. The van der Waals surface area contributed by atoms with Gasteiger partial charge in [-0.25, -0.2) is 0 Å². The van der Waals surface area contributed by atoms with E-state index in [2.05, 4.69) is 0 Å². The van der Waals surface area contributed by atoms with Crippen molar-refractivity contribution in [3.05, 3.63) is 0 Å². The van der Waals surface area contributed by atoms with Gasteiger partial charge in [0.05, 0.1) is 19.3 Å². The molecular weight excluding hydrogens is 328 g/mol. The molecule has 5 unspecified atom stereocenters. The normalized spacial score (nSPS) is 50.0. The molecule has 10 heteroatoms. The molecule has 0 amide bonds. The Labute approximate surface area is 139 Å². The number of aliphatic hydroxyl groups excluding tert-OH is 6. The molecule has 2 rings (SSSR count). The van der Waals surface area contributed by atoms with Gasteiger partial charge in [0.2, 0.25) is 0 Å². The molecule has 10 nitrogen and oxygen atoms in total. The molecule has 0 aliphatic carbocycles. The zero-order chi connectivity index (χ0) is 18.0. The van der Waals surface area contributed by atoms with Crippen LogP contribution in [0.3, 0.4) is 0 Å². The number of hydrogen-bond donors (Lipinski definition) is 6. The van der Waals surface area contributed by atoms with Crippen molar-refractivity contribution in [2.75, 3.05) is 20.3 Å². The van der Waals surface area contributed by atoms with E-state index in [0.29, 0.717) is 0 Å². The van der Waals surface area contributed by atoms with Gasteiger partial charge in [-0.1, -0.05) is 0 Å². The summed E-state index contributed by atoms with van der Waals surface area (Å²) in [5.41, 5.74) is 0. The maximum absolute atomic E-state index is 10.2.